The second-order valence-electron chi connectivity index (χ2n) is 6.17. The molecule has 9 heteroatoms. The minimum Gasteiger partial charge on any atom is -0.467 e. The molecule has 0 radical (unpaired) electrons. The van der Waals surface area contributed by atoms with Crippen LogP contribution in [0.5, 0.6) is 0 Å². The van der Waals surface area contributed by atoms with Crippen LogP contribution in [0.3, 0.4) is 0 Å². The number of pyridine rings is 1. The van der Waals surface area contributed by atoms with Crippen LogP contribution in [0.4, 0.5) is 4.79 Å². The maximum absolute atomic E-state index is 12.3. The SMILES string of the molecule is COC(=O)[C@@H](CCC(=O)c1cncc(Br)c1Cl)NC(=O)OC(C)(C)C. The Balaban J connectivity index is 2.76. The number of alkyl carbamates (subject to hydrolysis) is 1. The van der Waals surface area contributed by atoms with Gasteiger partial charge in [-0.05, 0) is 43.1 Å². The molecule has 138 valence electrons. The third-order valence-corrected chi connectivity index (χ3v) is 4.21. The van der Waals surface area contributed by atoms with Gasteiger partial charge in [-0.2, -0.15) is 0 Å². The number of carbonyl (C=O) groups excluding carboxylic acids is 3. The Hall–Kier alpha value is -1.67. The summed E-state index contributed by atoms with van der Waals surface area (Å²) in [6.07, 6.45) is 2.06. The molecule has 0 aliphatic rings. The van der Waals surface area contributed by atoms with Gasteiger partial charge in [0.1, 0.15) is 11.6 Å². The lowest BCUT2D eigenvalue weighted by Gasteiger charge is -2.22. The number of hydrogen-bond acceptors (Lipinski definition) is 6. The molecule has 0 aliphatic heterocycles. The fourth-order valence-corrected chi connectivity index (χ4v) is 2.40. The first-order chi connectivity index (χ1) is 11.5. The van der Waals surface area contributed by atoms with Gasteiger partial charge in [-0.15, -0.1) is 0 Å². The van der Waals surface area contributed by atoms with E-state index in [9.17, 15) is 14.4 Å². The number of ether oxygens (including phenoxy) is 2. The highest BCUT2D eigenvalue weighted by Crippen LogP contribution is 2.26. The summed E-state index contributed by atoms with van der Waals surface area (Å²) in [4.78, 5) is 39.9. The van der Waals surface area contributed by atoms with E-state index >= 15 is 0 Å². The summed E-state index contributed by atoms with van der Waals surface area (Å²) in [6, 6.07) is -1.01. The number of methoxy groups -OCH3 is 1. The van der Waals surface area contributed by atoms with E-state index in [0.717, 1.165) is 0 Å². The van der Waals surface area contributed by atoms with Crippen molar-refractivity contribution in [2.24, 2.45) is 0 Å². The minimum absolute atomic E-state index is 0.0343. The number of esters is 1. The highest BCUT2D eigenvalue weighted by molar-refractivity contribution is 9.10. The average Bonchev–Trinajstić information content (AvgIpc) is 2.51. The Bertz CT molecular complexity index is 660. The molecule has 0 aromatic carbocycles. The normalized spacial score (nSPS) is 12.2. The van der Waals surface area contributed by atoms with Gasteiger partial charge in [-0.25, -0.2) is 9.59 Å². The molecule has 25 heavy (non-hydrogen) atoms. The highest BCUT2D eigenvalue weighted by atomic mass is 79.9. The van der Waals surface area contributed by atoms with Gasteiger partial charge < -0.3 is 14.8 Å². The smallest absolute Gasteiger partial charge is 0.408 e. The molecule has 0 bridgehead atoms. The highest BCUT2D eigenvalue weighted by Gasteiger charge is 2.26. The van der Waals surface area contributed by atoms with E-state index in [2.05, 4.69) is 31.0 Å². The van der Waals surface area contributed by atoms with Crippen LogP contribution in [0, 0.1) is 0 Å². The molecule has 1 amide bonds. The van der Waals surface area contributed by atoms with Gasteiger partial charge in [0.25, 0.3) is 0 Å². The number of amides is 1. The number of aromatic nitrogens is 1. The summed E-state index contributed by atoms with van der Waals surface area (Å²) >= 11 is 9.26. The molecular formula is C16H20BrClN2O5. The van der Waals surface area contributed by atoms with E-state index in [-0.39, 0.29) is 29.2 Å². The van der Waals surface area contributed by atoms with Crippen LogP contribution in [0.25, 0.3) is 0 Å². The summed E-state index contributed by atoms with van der Waals surface area (Å²) < 4.78 is 10.3. The monoisotopic (exact) mass is 434 g/mol. The summed E-state index contributed by atoms with van der Waals surface area (Å²) in [7, 11) is 1.20. The van der Waals surface area contributed by atoms with Crippen LogP contribution in [0.2, 0.25) is 5.02 Å². The third-order valence-electron chi connectivity index (χ3n) is 2.97. The second kappa shape index (κ2) is 9.15. The fourth-order valence-electron chi connectivity index (χ4n) is 1.86. The fraction of sp³-hybridized carbons (Fsp3) is 0.500. The number of halogens is 2. The predicted molar refractivity (Wildman–Crippen MR) is 95.7 cm³/mol. The van der Waals surface area contributed by atoms with E-state index in [1.54, 1.807) is 20.8 Å². The lowest BCUT2D eigenvalue weighted by molar-refractivity contribution is -0.143. The average molecular weight is 436 g/mol. The first-order valence-electron chi connectivity index (χ1n) is 7.44. The van der Waals surface area contributed by atoms with Crippen molar-refractivity contribution in [2.45, 2.75) is 45.3 Å². The molecule has 0 saturated heterocycles. The van der Waals surface area contributed by atoms with Crippen LogP contribution < -0.4 is 5.32 Å². The molecule has 1 aromatic rings. The van der Waals surface area contributed by atoms with E-state index in [4.69, 9.17) is 16.3 Å². The lowest BCUT2D eigenvalue weighted by Crippen LogP contribution is -2.44. The molecule has 0 saturated carbocycles. The van der Waals surface area contributed by atoms with Crippen LogP contribution in [-0.4, -0.2) is 41.6 Å². The van der Waals surface area contributed by atoms with Gasteiger partial charge in [0.05, 0.1) is 22.2 Å². The number of nitrogens with one attached hydrogen (secondary N) is 1. The van der Waals surface area contributed by atoms with Crippen molar-refractivity contribution in [2.75, 3.05) is 7.11 Å². The molecule has 1 heterocycles. The Morgan fingerprint density at radius 3 is 2.52 bits per heavy atom. The molecule has 1 atom stereocenters. The van der Waals surface area contributed by atoms with Crippen molar-refractivity contribution < 1.29 is 23.9 Å². The standard InChI is InChI=1S/C16H20BrClN2O5/c1-16(2,3)25-15(23)20-11(14(22)24-4)5-6-12(21)9-7-19-8-10(17)13(9)18/h7-8,11H,5-6H2,1-4H3,(H,20,23)/t11-/m1/s1. The van der Waals surface area contributed by atoms with Crippen molar-refractivity contribution in [3.05, 3.63) is 27.5 Å². The van der Waals surface area contributed by atoms with Crippen molar-refractivity contribution in [3.63, 3.8) is 0 Å². The van der Waals surface area contributed by atoms with E-state index in [0.29, 0.717) is 4.47 Å². The third kappa shape index (κ3) is 6.99. The van der Waals surface area contributed by atoms with E-state index in [1.165, 1.54) is 19.5 Å². The molecule has 7 nitrogen and oxygen atoms in total. The number of carbonyl (C=O) groups is 3. The van der Waals surface area contributed by atoms with Gasteiger partial charge in [-0.3, -0.25) is 9.78 Å². The molecular weight excluding hydrogens is 416 g/mol. The maximum atomic E-state index is 12.3. The number of rotatable bonds is 6. The van der Waals surface area contributed by atoms with Gasteiger partial charge >= 0.3 is 12.1 Å². The van der Waals surface area contributed by atoms with Crippen molar-refractivity contribution >= 4 is 45.4 Å². The molecule has 1 aromatic heterocycles. The van der Waals surface area contributed by atoms with Gasteiger partial charge in [0, 0.05) is 18.8 Å². The minimum atomic E-state index is -1.01. The lowest BCUT2D eigenvalue weighted by atomic mass is 10.0. The van der Waals surface area contributed by atoms with E-state index in [1.807, 2.05) is 0 Å². The molecule has 1 rings (SSSR count). The van der Waals surface area contributed by atoms with Crippen LogP contribution >= 0.6 is 27.5 Å². The quantitative estimate of drug-likeness (QED) is 0.542. The van der Waals surface area contributed by atoms with Crippen molar-refractivity contribution in [3.8, 4) is 0 Å². The van der Waals surface area contributed by atoms with Crippen molar-refractivity contribution in [1.82, 2.24) is 10.3 Å². The Morgan fingerprint density at radius 1 is 1.32 bits per heavy atom. The Kier molecular flexibility index (Phi) is 7.82. The molecule has 1 N–H and O–H groups in total. The zero-order valence-corrected chi connectivity index (χ0v) is 16.7. The molecule has 0 spiro atoms. The topological polar surface area (TPSA) is 94.6 Å². The zero-order valence-electron chi connectivity index (χ0n) is 14.4. The largest absolute Gasteiger partial charge is 0.467 e. The number of Topliss-reactive ketones (excluding diaryl/α,β-unsaturated/α-hetero) is 1. The molecule has 0 aliphatic carbocycles. The van der Waals surface area contributed by atoms with Crippen LogP contribution in [0.1, 0.15) is 44.0 Å². The summed E-state index contributed by atoms with van der Waals surface area (Å²) in [5, 5.41) is 2.66. The number of nitrogens with zero attached hydrogens (tertiary/aromatic N) is 1. The van der Waals surface area contributed by atoms with Gasteiger partial charge in [-0.1, -0.05) is 11.6 Å². The van der Waals surface area contributed by atoms with Gasteiger partial charge in [0.15, 0.2) is 5.78 Å². The maximum Gasteiger partial charge on any atom is 0.408 e. The Morgan fingerprint density at radius 2 is 1.96 bits per heavy atom. The van der Waals surface area contributed by atoms with Crippen molar-refractivity contribution in [1.29, 1.82) is 0 Å². The summed E-state index contributed by atoms with van der Waals surface area (Å²) in [6.45, 7) is 5.10. The first kappa shape index (κ1) is 21.4. The summed E-state index contributed by atoms with van der Waals surface area (Å²) in [5.74, 6) is -0.976. The molecule has 0 unspecified atom stereocenters. The first-order valence-corrected chi connectivity index (χ1v) is 8.61. The number of ketones is 1. The van der Waals surface area contributed by atoms with Crippen LogP contribution in [-0.2, 0) is 14.3 Å². The predicted octanol–water partition coefficient (Wildman–Crippen LogP) is 3.53. The summed E-state index contributed by atoms with van der Waals surface area (Å²) in [5.41, 5.74) is -0.479. The zero-order chi connectivity index (χ0) is 19.2. The molecule has 0 fully saturated rings. The number of hydrogen-bond donors (Lipinski definition) is 1. The van der Waals surface area contributed by atoms with E-state index < -0.39 is 23.7 Å². The second-order valence-corrected chi connectivity index (χ2v) is 7.40. The Labute approximate surface area is 159 Å². The van der Waals surface area contributed by atoms with Crippen LogP contribution in [0.15, 0.2) is 16.9 Å². The van der Waals surface area contributed by atoms with Gasteiger partial charge in [0.2, 0.25) is 0 Å².